The Labute approximate surface area is 82.2 Å². The van der Waals surface area contributed by atoms with E-state index in [9.17, 15) is 13.6 Å². The quantitative estimate of drug-likeness (QED) is 0.665. The van der Waals surface area contributed by atoms with Crippen molar-refractivity contribution in [1.82, 2.24) is 10.6 Å². The minimum Gasteiger partial charge on any atom is -0.345 e. The Morgan fingerprint density at radius 3 is 2.43 bits per heavy atom. The second-order valence-electron chi connectivity index (χ2n) is 4.67. The zero-order valence-electron chi connectivity index (χ0n) is 8.66. The number of hydrogen-bond donors (Lipinski definition) is 2. The number of carbonyl (C=O) groups is 1. The van der Waals surface area contributed by atoms with Gasteiger partial charge in [-0.2, -0.15) is 0 Å². The van der Waals surface area contributed by atoms with E-state index in [1.165, 1.54) is 0 Å². The predicted octanol–water partition coefficient (Wildman–Crippen LogP) is 0.756. The van der Waals surface area contributed by atoms with Gasteiger partial charge in [-0.3, -0.25) is 4.79 Å². The lowest BCUT2D eigenvalue weighted by atomic mass is 9.95. The number of rotatable bonds is 1. The van der Waals surface area contributed by atoms with Crippen LogP contribution in [0.15, 0.2) is 0 Å². The molecule has 0 spiro atoms. The van der Waals surface area contributed by atoms with Crippen molar-refractivity contribution in [2.45, 2.75) is 32.7 Å². The van der Waals surface area contributed by atoms with Gasteiger partial charge in [0.15, 0.2) is 0 Å². The maximum absolute atomic E-state index is 13.1. The molecular weight excluding hydrogens is 190 g/mol. The molecular formula is C9H16F2N2O. The van der Waals surface area contributed by atoms with Crippen LogP contribution in [0.5, 0.6) is 0 Å². The van der Waals surface area contributed by atoms with Crippen LogP contribution in [0.2, 0.25) is 0 Å². The van der Waals surface area contributed by atoms with Crippen molar-refractivity contribution in [3.8, 4) is 0 Å². The predicted molar refractivity (Wildman–Crippen MR) is 49.2 cm³/mol. The molecule has 1 unspecified atom stereocenters. The molecule has 0 radical (unpaired) electrons. The molecule has 0 aromatic heterocycles. The summed E-state index contributed by atoms with van der Waals surface area (Å²) < 4.78 is 26.2. The smallest absolute Gasteiger partial charge is 0.281 e. The molecule has 14 heavy (non-hydrogen) atoms. The fourth-order valence-corrected chi connectivity index (χ4v) is 1.19. The number of carbonyl (C=O) groups excluding carboxylic acids is 1. The zero-order valence-corrected chi connectivity index (χ0v) is 8.66. The maximum atomic E-state index is 13.1. The van der Waals surface area contributed by atoms with Crippen molar-refractivity contribution < 1.29 is 13.6 Å². The molecule has 1 fully saturated rings. The summed E-state index contributed by atoms with van der Waals surface area (Å²) >= 11 is 0. The van der Waals surface area contributed by atoms with Gasteiger partial charge < -0.3 is 10.6 Å². The molecule has 1 aliphatic heterocycles. The van der Waals surface area contributed by atoms with Crippen LogP contribution in [0.3, 0.4) is 0 Å². The van der Waals surface area contributed by atoms with Crippen LogP contribution in [0.1, 0.15) is 20.8 Å². The molecule has 0 aromatic carbocycles. The Kier molecular flexibility index (Phi) is 2.81. The monoisotopic (exact) mass is 206 g/mol. The van der Waals surface area contributed by atoms with Gasteiger partial charge in [-0.1, -0.05) is 20.8 Å². The molecule has 1 rings (SSSR count). The van der Waals surface area contributed by atoms with Crippen LogP contribution in [-0.4, -0.2) is 31.0 Å². The first-order chi connectivity index (χ1) is 6.23. The van der Waals surface area contributed by atoms with E-state index in [0.717, 1.165) is 0 Å². The van der Waals surface area contributed by atoms with Crippen LogP contribution < -0.4 is 10.6 Å². The normalized spacial score (nSPS) is 26.2. The van der Waals surface area contributed by atoms with E-state index in [4.69, 9.17) is 0 Å². The number of hydrogen-bond acceptors (Lipinski definition) is 2. The maximum Gasteiger partial charge on any atom is 0.281 e. The molecule has 0 aromatic rings. The number of alkyl halides is 2. The Balaban J connectivity index is 2.57. The summed E-state index contributed by atoms with van der Waals surface area (Å²) in [5.74, 6) is -3.17. The Morgan fingerprint density at radius 1 is 1.50 bits per heavy atom. The van der Waals surface area contributed by atoms with Crippen LogP contribution in [0.4, 0.5) is 8.78 Å². The Hall–Kier alpha value is -0.710. The summed E-state index contributed by atoms with van der Waals surface area (Å²) in [5.41, 5.74) is -0.626. The molecule has 1 atom stereocenters. The van der Waals surface area contributed by atoms with Crippen molar-refractivity contribution >= 4 is 5.91 Å². The lowest BCUT2D eigenvalue weighted by Crippen LogP contribution is -2.50. The van der Waals surface area contributed by atoms with E-state index in [2.05, 4.69) is 10.6 Å². The van der Waals surface area contributed by atoms with Gasteiger partial charge in [0.1, 0.15) is 6.04 Å². The standard InChI is InChI=1S/C9H16F2N2O/c1-8(2,3)7(14)13-6-4-12-5-9(6,10)11/h6,12H,4-5H2,1-3H3,(H,13,14). The van der Waals surface area contributed by atoms with E-state index in [0.29, 0.717) is 0 Å². The Morgan fingerprint density at radius 2 is 2.07 bits per heavy atom. The third-order valence-corrected chi connectivity index (χ3v) is 2.21. The highest BCUT2D eigenvalue weighted by molar-refractivity contribution is 5.81. The van der Waals surface area contributed by atoms with E-state index in [1.54, 1.807) is 20.8 Å². The first-order valence-corrected chi connectivity index (χ1v) is 4.63. The third-order valence-electron chi connectivity index (χ3n) is 2.21. The van der Waals surface area contributed by atoms with Gasteiger partial charge in [-0.15, -0.1) is 0 Å². The van der Waals surface area contributed by atoms with Crippen molar-refractivity contribution in [2.24, 2.45) is 5.41 Å². The highest BCUT2D eigenvalue weighted by Gasteiger charge is 2.45. The van der Waals surface area contributed by atoms with Crippen LogP contribution in [-0.2, 0) is 4.79 Å². The van der Waals surface area contributed by atoms with Crippen molar-refractivity contribution in [3.63, 3.8) is 0 Å². The zero-order chi connectivity index (χ0) is 11.0. The average molecular weight is 206 g/mol. The largest absolute Gasteiger partial charge is 0.345 e. The first kappa shape index (κ1) is 11.4. The minimum atomic E-state index is -2.83. The summed E-state index contributed by atoms with van der Waals surface area (Å²) in [4.78, 5) is 11.4. The van der Waals surface area contributed by atoms with Crippen molar-refractivity contribution in [3.05, 3.63) is 0 Å². The van der Waals surface area contributed by atoms with Gasteiger partial charge in [-0.25, -0.2) is 8.78 Å². The molecule has 1 saturated heterocycles. The SMILES string of the molecule is CC(C)(C)C(=O)NC1CNCC1(F)F. The van der Waals surface area contributed by atoms with Gasteiger partial charge in [0.25, 0.3) is 5.92 Å². The fourth-order valence-electron chi connectivity index (χ4n) is 1.19. The Bertz CT molecular complexity index is 235. The van der Waals surface area contributed by atoms with Gasteiger partial charge >= 0.3 is 0 Å². The van der Waals surface area contributed by atoms with Crippen LogP contribution in [0, 0.1) is 5.41 Å². The molecule has 0 bridgehead atoms. The van der Waals surface area contributed by atoms with E-state index in [1.807, 2.05) is 0 Å². The van der Waals surface area contributed by atoms with Gasteiger partial charge in [-0.05, 0) is 0 Å². The number of nitrogens with one attached hydrogen (secondary N) is 2. The van der Waals surface area contributed by atoms with Crippen LogP contribution >= 0.6 is 0 Å². The lowest BCUT2D eigenvalue weighted by molar-refractivity contribution is -0.131. The molecule has 0 aliphatic carbocycles. The first-order valence-electron chi connectivity index (χ1n) is 4.63. The molecule has 82 valence electrons. The van der Waals surface area contributed by atoms with Crippen molar-refractivity contribution in [1.29, 1.82) is 0 Å². The fraction of sp³-hybridized carbons (Fsp3) is 0.889. The summed E-state index contributed by atoms with van der Waals surface area (Å²) in [6, 6.07) is -1.07. The van der Waals surface area contributed by atoms with Crippen molar-refractivity contribution in [2.75, 3.05) is 13.1 Å². The molecule has 3 nitrogen and oxygen atoms in total. The van der Waals surface area contributed by atoms with E-state index < -0.39 is 17.4 Å². The second kappa shape index (κ2) is 3.46. The van der Waals surface area contributed by atoms with E-state index >= 15 is 0 Å². The minimum absolute atomic E-state index is 0.134. The van der Waals surface area contributed by atoms with Gasteiger partial charge in [0, 0.05) is 12.0 Å². The van der Waals surface area contributed by atoms with Gasteiger partial charge in [0.2, 0.25) is 5.91 Å². The topological polar surface area (TPSA) is 41.1 Å². The van der Waals surface area contributed by atoms with E-state index in [-0.39, 0.29) is 19.0 Å². The molecule has 1 amide bonds. The number of halogens is 2. The highest BCUT2D eigenvalue weighted by Crippen LogP contribution is 2.23. The molecule has 1 heterocycles. The molecule has 0 saturated carbocycles. The second-order valence-corrected chi connectivity index (χ2v) is 4.67. The van der Waals surface area contributed by atoms with Gasteiger partial charge in [0.05, 0.1) is 6.54 Å². The molecule has 2 N–H and O–H groups in total. The average Bonchev–Trinajstić information content (AvgIpc) is 2.29. The lowest BCUT2D eigenvalue weighted by Gasteiger charge is -2.24. The summed E-state index contributed by atoms with van der Waals surface area (Å²) in [6.45, 7) is 4.87. The number of amides is 1. The summed E-state index contributed by atoms with van der Waals surface area (Å²) in [6.07, 6.45) is 0. The summed E-state index contributed by atoms with van der Waals surface area (Å²) in [7, 11) is 0. The molecule has 1 aliphatic rings. The molecule has 5 heteroatoms. The third kappa shape index (κ3) is 2.41. The highest BCUT2D eigenvalue weighted by atomic mass is 19.3. The summed E-state index contributed by atoms with van der Waals surface area (Å²) in [5, 5.41) is 4.91. The van der Waals surface area contributed by atoms with Crippen LogP contribution in [0.25, 0.3) is 0 Å².